The molecule has 1 saturated heterocycles. The molecule has 0 aliphatic carbocycles. The predicted molar refractivity (Wildman–Crippen MR) is 131 cm³/mol. The van der Waals surface area contributed by atoms with Crippen LogP contribution in [0.15, 0.2) is 58.3 Å². The molecule has 0 radical (unpaired) electrons. The van der Waals surface area contributed by atoms with Crippen LogP contribution < -0.4 is 10.2 Å². The lowest BCUT2D eigenvalue weighted by atomic mass is 9.96. The Morgan fingerprint density at radius 3 is 2.58 bits per heavy atom. The van der Waals surface area contributed by atoms with E-state index in [0.717, 1.165) is 54.3 Å². The van der Waals surface area contributed by atoms with E-state index in [-0.39, 0.29) is 23.6 Å². The predicted octanol–water partition coefficient (Wildman–Crippen LogP) is 4.76. The van der Waals surface area contributed by atoms with Gasteiger partial charge in [0.25, 0.3) is 0 Å². The van der Waals surface area contributed by atoms with Crippen molar-refractivity contribution in [1.82, 2.24) is 20.1 Å². The summed E-state index contributed by atoms with van der Waals surface area (Å²) in [7, 11) is 0. The van der Waals surface area contributed by atoms with Gasteiger partial charge in [-0.25, -0.2) is 0 Å². The second-order valence-corrected chi connectivity index (χ2v) is 10.0. The van der Waals surface area contributed by atoms with Crippen molar-refractivity contribution in [2.24, 2.45) is 11.8 Å². The highest BCUT2D eigenvalue weighted by Gasteiger charge is 2.24. The van der Waals surface area contributed by atoms with Crippen LogP contribution in [0.2, 0.25) is 0 Å². The number of furan rings is 1. The lowest BCUT2D eigenvalue weighted by Crippen LogP contribution is -2.35. The van der Waals surface area contributed by atoms with Crippen LogP contribution in [0.4, 0.5) is 5.95 Å². The van der Waals surface area contributed by atoms with Crippen molar-refractivity contribution >= 4 is 23.6 Å². The first-order valence-corrected chi connectivity index (χ1v) is 12.7. The Bertz CT molecular complexity index is 1010. The number of nitrogens with one attached hydrogen (secondary N) is 1. The van der Waals surface area contributed by atoms with E-state index in [4.69, 9.17) is 4.42 Å². The van der Waals surface area contributed by atoms with Crippen molar-refractivity contribution in [3.8, 4) is 0 Å². The van der Waals surface area contributed by atoms with E-state index in [9.17, 15) is 4.79 Å². The fourth-order valence-electron chi connectivity index (χ4n) is 4.17. The van der Waals surface area contributed by atoms with E-state index in [0.29, 0.717) is 6.54 Å². The number of piperidine rings is 1. The number of benzene rings is 1. The maximum atomic E-state index is 12.9. The number of aromatic nitrogens is 3. The Hall–Kier alpha value is -2.74. The van der Waals surface area contributed by atoms with Crippen LogP contribution in [0.25, 0.3) is 0 Å². The highest BCUT2D eigenvalue weighted by Crippen LogP contribution is 2.27. The number of hydrogen-bond donors (Lipinski definition) is 1. The first kappa shape index (κ1) is 23.4. The molecule has 2 aromatic heterocycles. The molecule has 1 unspecified atom stereocenters. The number of thioether (sulfide) groups is 1. The summed E-state index contributed by atoms with van der Waals surface area (Å²) in [5.74, 6) is 2.99. The standard InChI is InChI=1S/C25H33N5O2S/c1-18(2)23(20-8-5-4-6-9-20)26-22(31)17-33-25-28-27-24(29-13-11-19(3)12-14-29)30(25)16-21-10-7-15-32-21/h4-10,15,18-19,23H,11-14,16-17H2,1-3H3,(H,26,31). The van der Waals surface area contributed by atoms with E-state index in [1.54, 1.807) is 6.26 Å². The molecule has 8 heteroatoms. The van der Waals surface area contributed by atoms with Gasteiger partial charge in [-0.15, -0.1) is 10.2 Å². The summed E-state index contributed by atoms with van der Waals surface area (Å²) in [6, 6.07) is 13.9. The van der Waals surface area contributed by atoms with Crippen LogP contribution in [0.3, 0.4) is 0 Å². The Morgan fingerprint density at radius 2 is 1.91 bits per heavy atom. The molecule has 1 aliphatic rings. The molecule has 1 atom stereocenters. The molecule has 3 aromatic rings. The molecule has 1 fully saturated rings. The summed E-state index contributed by atoms with van der Waals surface area (Å²) in [6.45, 7) is 9.02. The van der Waals surface area contributed by atoms with Crippen molar-refractivity contribution in [3.05, 3.63) is 60.1 Å². The minimum Gasteiger partial charge on any atom is -0.467 e. The zero-order valence-corrected chi connectivity index (χ0v) is 20.4. The fourth-order valence-corrected chi connectivity index (χ4v) is 4.91. The summed E-state index contributed by atoms with van der Waals surface area (Å²) in [4.78, 5) is 15.2. The number of anilines is 1. The smallest absolute Gasteiger partial charge is 0.230 e. The molecule has 4 rings (SSSR count). The summed E-state index contributed by atoms with van der Waals surface area (Å²) in [5.41, 5.74) is 1.12. The zero-order chi connectivity index (χ0) is 23.2. The largest absolute Gasteiger partial charge is 0.467 e. The van der Waals surface area contributed by atoms with Crippen LogP contribution in [-0.2, 0) is 11.3 Å². The number of hydrogen-bond acceptors (Lipinski definition) is 6. The highest BCUT2D eigenvalue weighted by atomic mass is 32.2. The average molecular weight is 468 g/mol. The van der Waals surface area contributed by atoms with Gasteiger partial charge in [0.1, 0.15) is 5.76 Å². The molecule has 1 aliphatic heterocycles. The van der Waals surface area contributed by atoms with Gasteiger partial charge in [0, 0.05) is 13.1 Å². The van der Waals surface area contributed by atoms with Crippen molar-refractivity contribution < 1.29 is 9.21 Å². The number of carbonyl (C=O) groups excluding carboxylic acids is 1. The van der Waals surface area contributed by atoms with E-state index in [1.807, 2.05) is 30.3 Å². The first-order chi connectivity index (χ1) is 16.0. The summed E-state index contributed by atoms with van der Waals surface area (Å²) in [6.07, 6.45) is 3.97. The minimum absolute atomic E-state index is 0.0107. The second-order valence-electron chi connectivity index (χ2n) is 9.11. The molecule has 0 saturated carbocycles. The van der Waals surface area contributed by atoms with Gasteiger partial charge in [-0.05, 0) is 42.4 Å². The van der Waals surface area contributed by atoms with Crippen LogP contribution in [0.5, 0.6) is 0 Å². The number of rotatable bonds is 9. The maximum absolute atomic E-state index is 12.9. The molecular formula is C25H33N5O2S. The van der Waals surface area contributed by atoms with Crippen LogP contribution in [0, 0.1) is 11.8 Å². The SMILES string of the molecule is CC1CCN(c2nnc(SCC(=O)NC(c3ccccc3)C(C)C)n2Cc2ccco2)CC1. The van der Waals surface area contributed by atoms with Gasteiger partial charge in [-0.2, -0.15) is 0 Å². The lowest BCUT2D eigenvalue weighted by Gasteiger charge is -2.31. The summed E-state index contributed by atoms with van der Waals surface area (Å²) < 4.78 is 7.66. The third kappa shape index (κ3) is 5.99. The summed E-state index contributed by atoms with van der Waals surface area (Å²) in [5, 5.41) is 12.9. The quantitative estimate of drug-likeness (QED) is 0.457. The monoisotopic (exact) mass is 467 g/mol. The van der Waals surface area contributed by atoms with Crippen molar-refractivity contribution in [2.45, 2.75) is 51.4 Å². The van der Waals surface area contributed by atoms with Crippen molar-refractivity contribution in [2.75, 3.05) is 23.7 Å². The fraction of sp³-hybridized carbons (Fsp3) is 0.480. The van der Waals surface area contributed by atoms with Gasteiger partial charge >= 0.3 is 0 Å². The maximum Gasteiger partial charge on any atom is 0.230 e. The Balaban J connectivity index is 1.46. The molecular weight excluding hydrogens is 434 g/mol. The van der Waals surface area contributed by atoms with Gasteiger partial charge < -0.3 is 14.6 Å². The normalized spacial score (nSPS) is 15.7. The first-order valence-electron chi connectivity index (χ1n) is 11.7. The second kappa shape index (κ2) is 10.9. The Labute approximate surface area is 199 Å². The molecule has 0 spiro atoms. The van der Waals surface area contributed by atoms with E-state index in [1.165, 1.54) is 11.8 Å². The molecule has 0 bridgehead atoms. The molecule has 1 amide bonds. The van der Waals surface area contributed by atoms with Crippen LogP contribution in [0.1, 0.15) is 51.0 Å². The van der Waals surface area contributed by atoms with Gasteiger partial charge in [0.2, 0.25) is 11.9 Å². The van der Waals surface area contributed by atoms with Crippen LogP contribution in [-0.4, -0.2) is 39.5 Å². The van der Waals surface area contributed by atoms with Crippen LogP contribution >= 0.6 is 11.8 Å². The highest BCUT2D eigenvalue weighted by molar-refractivity contribution is 7.99. The molecule has 3 heterocycles. The number of nitrogens with zero attached hydrogens (tertiary/aromatic N) is 4. The Morgan fingerprint density at radius 1 is 1.15 bits per heavy atom. The van der Waals surface area contributed by atoms with Crippen molar-refractivity contribution in [1.29, 1.82) is 0 Å². The lowest BCUT2D eigenvalue weighted by molar-refractivity contribution is -0.119. The van der Waals surface area contributed by atoms with Gasteiger partial charge in [-0.3, -0.25) is 9.36 Å². The summed E-state index contributed by atoms with van der Waals surface area (Å²) >= 11 is 1.42. The van der Waals surface area contributed by atoms with Gasteiger partial charge in [0.05, 0.1) is 24.6 Å². The van der Waals surface area contributed by atoms with E-state index < -0.39 is 0 Å². The number of carbonyl (C=O) groups is 1. The average Bonchev–Trinajstić information content (AvgIpc) is 3.47. The molecule has 1 aromatic carbocycles. The third-order valence-electron chi connectivity index (χ3n) is 6.13. The van der Waals surface area contributed by atoms with Gasteiger partial charge in [-0.1, -0.05) is 62.9 Å². The third-order valence-corrected chi connectivity index (χ3v) is 7.10. The van der Waals surface area contributed by atoms with E-state index in [2.05, 4.69) is 57.9 Å². The number of amides is 1. The topological polar surface area (TPSA) is 76.2 Å². The molecule has 176 valence electrons. The molecule has 33 heavy (non-hydrogen) atoms. The Kier molecular flexibility index (Phi) is 7.75. The van der Waals surface area contributed by atoms with E-state index >= 15 is 0 Å². The zero-order valence-electron chi connectivity index (χ0n) is 19.6. The van der Waals surface area contributed by atoms with Crippen molar-refractivity contribution in [3.63, 3.8) is 0 Å². The molecule has 1 N–H and O–H groups in total. The van der Waals surface area contributed by atoms with Gasteiger partial charge in [0.15, 0.2) is 5.16 Å². The minimum atomic E-state index is -0.0220. The molecule has 7 nitrogen and oxygen atoms in total.